The van der Waals surface area contributed by atoms with E-state index < -0.39 is 15.8 Å². The van der Waals surface area contributed by atoms with Crippen molar-refractivity contribution >= 4 is 10.0 Å². The summed E-state index contributed by atoms with van der Waals surface area (Å²) >= 11 is 0. The molecule has 1 fully saturated rings. The SMILES string of the molecule is CNCC1CCN(S(=O)(=O)CC#N)CC1. The van der Waals surface area contributed by atoms with Gasteiger partial charge in [-0.2, -0.15) is 5.26 Å². The lowest BCUT2D eigenvalue weighted by molar-refractivity contribution is 0.271. The van der Waals surface area contributed by atoms with E-state index in [1.54, 1.807) is 6.07 Å². The predicted octanol–water partition coefficient (Wildman–Crippen LogP) is -0.229. The van der Waals surface area contributed by atoms with Crippen LogP contribution < -0.4 is 5.32 Å². The Kier molecular flexibility index (Phi) is 4.51. The fourth-order valence-electron chi connectivity index (χ4n) is 1.85. The van der Waals surface area contributed by atoms with E-state index in [9.17, 15) is 8.42 Å². The lowest BCUT2D eigenvalue weighted by Gasteiger charge is -2.30. The monoisotopic (exact) mass is 231 g/mol. The van der Waals surface area contributed by atoms with Crippen LogP contribution >= 0.6 is 0 Å². The van der Waals surface area contributed by atoms with Gasteiger partial charge < -0.3 is 5.32 Å². The minimum atomic E-state index is -3.32. The average molecular weight is 231 g/mol. The van der Waals surface area contributed by atoms with Gasteiger partial charge in [0, 0.05) is 13.1 Å². The lowest BCUT2D eigenvalue weighted by atomic mass is 9.98. The Hall–Kier alpha value is -0.640. The first kappa shape index (κ1) is 12.4. The van der Waals surface area contributed by atoms with Gasteiger partial charge in [0.2, 0.25) is 10.0 Å². The molecule has 1 rings (SSSR count). The maximum absolute atomic E-state index is 11.5. The lowest BCUT2D eigenvalue weighted by Crippen LogP contribution is -2.41. The summed E-state index contributed by atoms with van der Waals surface area (Å²) in [5.74, 6) is 0.160. The van der Waals surface area contributed by atoms with Crippen molar-refractivity contribution in [2.75, 3.05) is 32.4 Å². The first-order valence-electron chi connectivity index (χ1n) is 5.09. The number of nitriles is 1. The highest BCUT2D eigenvalue weighted by atomic mass is 32.2. The number of nitrogens with one attached hydrogen (secondary N) is 1. The van der Waals surface area contributed by atoms with Gasteiger partial charge in [-0.05, 0) is 32.4 Å². The normalized spacial score (nSPS) is 20.0. The second-order valence-electron chi connectivity index (χ2n) is 3.81. The molecule has 1 heterocycles. The van der Waals surface area contributed by atoms with Crippen LogP contribution in [0.5, 0.6) is 0 Å². The zero-order chi connectivity index (χ0) is 11.3. The van der Waals surface area contributed by atoms with Crippen LogP contribution in [0.2, 0.25) is 0 Å². The third-order valence-electron chi connectivity index (χ3n) is 2.71. The standard InChI is InChI=1S/C9H17N3O2S/c1-11-8-9-2-5-12(6-3-9)15(13,14)7-4-10/h9,11H,2-3,5-8H2,1H3. The minimum Gasteiger partial charge on any atom is -0.319 e. The molecule has 0 bridgehead atoms. The smallest absolute Gasteiger partial charge is 0.227 e. The van der Waals surface area contributed by atoms with Crippen LogP contribution in [-0.2, 0) is 10.0 Å². The molecular weight excluding hydrogens is 214 g/mol. The number of hydrogen-bond acceptors (Lipinski definition) is 4. The fraction of sp³-hybridized carbons (Fsp3) is 0.889. The van der Waals surface area contributed by atoms with Crippen LogP contribution in [0.25, 0.3) is 0 Å². The molecular formula is C9H17N3O2S. The highest BCUT2D eigenvalue weighted by molar-refractivity contribution is 7.89. The second kappa shape index (κ2) is 5.45. The van der Waals surface area contributed by atoms with Crippen LogP contribution in [0, 0.1) is 17.2 Å². The van der Waals surface area contributed by atoms with Gasteiger partial charge in [0.1, 0.15) is 0 Å². The molecule has 0 aliphatic carbocycles. The van der Waals surface area contributed by atoms with Crippen LogP contribution in [0.4, 0.5) is 0 Å². The van der Waals surface area contributed by atoms with E-state index in [1.807, 2.05) is 7.05 Å². The Bertz CT molecular complexity index is 326. The van der Waals surface area contributed by atoms with E-state index in [0.29, 0.717) is 19.0 Å². The molecule has 86 valence electrons. The molecule has 0 spiro atoms. The largest absolute Gasteiger partial charge is 0.319 e. The van der Waals surface area contributed by atoms with Crippen molar-refractivity contribution in [3.05, 3.63) is 0 Å². The summed E-state index contributed by atoms with van der Waals surface area (Å²) in [5, 5.41) is 11.5. The third kappa shape index (κ3) is 3.45. The molecule has 0 saturated carbocycles. The van der Waals surface area contributed by atoms with Gasteiger partial charge in [0.25, 0.3) is 0 Å². The molecule has 0 radical (unpaired) electrons. The van der Waals surface area contributed by atoms with Crippen molar-refractivity contribution in [1.82, 2.24) is 9.62 Å². The minimum absolute atomic E-state index is 0.399. The van der Waals surface area contributed by atoms with Gasteiger partial charge in [-0.1, -0.05) is 0 Å². The number of hydrogen-bond donors (Lipinski definition) is 1. The topological polar surface area (TPSA) is 73.2 Å². The zero-order valence-electron chi connectivity index (χ0n) is 8.94. The fourth-order valence-corrected chi connectivity index (χ4v) is 2.97. The van der Waals surface area contributed by atoms with Crippen molar-refractivity contribution in [1.29, 1.82) is 5.26 Å². The highest BCUT2D eigenvalue weighted by Crippen LogP contribution is 2.18. The van der Waals surface area contributed by atoms with E-state index in [4.69, 9.17) is 5.26 Å². The van der Waals surface area contributed by atoms with Gasteiger partial charge >= 0.3 is 0 Å². The van der Waals surface area contributed by atoms with Gasteiger partial charge in [-0.15, -0.1) is 0 Å². The van der Waals surface area contributed by atoms with Crippen molar-refractivity contribution < 1.29 is 8.42 Å². The van der Waals surface area contributed by atoms with Gasteiger partial charge in [0.15, 0.2) is 5.75 Å². The molecule has 0 atom stereocenters. The molecule has 15 heavy (non-hydrogen) atoms. The van der Waals surface area contributed by atoms with E-state index in [2.05, 4.69) is 5.32 Å². The zero-order valence-corrected chi connectivity index (χ0v) is 9.76. The molecule has 0 unspecified atom stereocenters. The van der Waals surface area contributed by atoms with Crippen molar-refractivity contribution in [2.24, 2.45) is 5.92 Å². The molecule has 5 nitrogen and oxygen atoms in total. The second-order valence-corrected chi connectivity index (χ2v) is 5.78. The van der Waals surface area contributed by atoms with Crippen molar-refractivity contribution in [3.63, 3.8) is 0 Å². The molecule has 0 aromatic heterocycles. The van der Waals surface area contributed by atoms with E-state index in [1.165, 1.54) is 4.31 Å². The van der Waals surface area contributed by atoms with Crippen LogP contribution in [0.3, 0.4) is 0 Å². The molecule has 0 aromatic rings. The molecule has 6 heteroatoms. The summed E-state index contributed by atoms with van der Waals surface area (Å²) in [4.78, 5) is 0. The summed E-state index contributed by atoms with van der Waals surface area (Å²) in [6.07, 6.45) is 1.76. The Morgan fingerprint density at radius 2 is 2.07 bits per heavy atom. The number of sulfonamides is 1. The number of rotatable bonds is 4. The van der Waals surface area contributed by atoms with E-state index in [-0.39, 0.29) is 0 Å². The molecule has 1 saturated heterocycles. The van der Waals surface area contributed by atoms with Crippen LogP contribution in [-0.4, -0.2) is 45.2 Å². The predicted molar refractivity (Wildman–Crippen MR) is 57.6 cm³/mol. The highest BCUT2D eigenvalue weighted by Gasteiger charge is 2.27. The quantitative estimate of drug-likeness (QED) is 0.725. The summed E-state index contributed by atoms with van der Waals surface area (Å²) in [6, 6.07) is 1.70. The molecule has 1 aliphatic rings. The van der Waals surface area contributed by atoms with Gasteiger partial charge in [0.05, 0.1) is 6.07 Å². The molecule has 0 aromatic carbocycles. The summed E-state index contributed by atoms with van der Waals surface area (Å²) in [5.41, 5.74) is 0. The van der Waals surface area contributed by atoms with Gasteiger partial charge in [-0.25, -0.2) is 12.7 Å². The summed E-state index contributed by atoms with van der Waals surface area (Å²) in [6.45, 7) is 2.04. The Morgan fingerprint density at radius 3 is 2.53 bits per heavy atom. The molecule has 1 N–H and O–H groups in total. The Morgan fingerprint density at radius 1 is 1.47 bits per heavy atom. The van der Waals surface area contributed by atoms with Crippen LogP contribution in [0.15, 0.2) is 0 Å². The summed E-state index contributed by atoms with van der Waals surface area (Å²) in [7, 11) is -1.42. The van der Waals surface area contributed by atoms with Crippen LogP contribution in [0.1, 0.15) is 12.8 Å². The van der Waals surface area contributed by atoms with Crippen molar-refractivity contribution in [3.8, 4) is 6.07 Å². The Balaban J connectivity index is 2.47. The molecule has 1 aliphatic heterocycles. The average Bonchev–Trinajstić information content (AvgIpc) is 2.19. The number of nitrogens with zero attached hydrogens (tertiary/aromatic N) is 2. The van der Waals surface area contributed by atoms with Gasteiger partial charge in [-0.3, -0.25) is 0 Å². The maximum atomic E-state index is 11.5. The van der Waals surface area contributed by atoms with E-state index in [0.717, 1.165) is 19.4 Å². The summed E-state index contributed by atoms with van der Waals surface area (Å²) < 4.78 is 24.5. The molecule has 0 amide bonds. The Labute approximate surface area is 91.1 Å². The van der Waals surface area contributed by atoms with Crippen molar-refractivity contribution in [2.45, 2.75) is 12.8 Å². The van der Waals surface area contributed by atoms with E-state index >= 15 is 0 Å². The number of piperidine rings is 1. The first-order chi connectivity index (χ1) is 7.10. The first-order valence-corrected chi connectivity index (χ1v) is 6.70. The maximum Gasteiger partial charge on any atom is 0.227 e. The third-order valence-corrected chi connectivity index (χ3v) is 4.35.